The second-order valence-corrected chi connectivity index (χ2v) is 6.25. The summed E-state index contributed by atoms with van der Waals surface area (Å²) < 4.78 is 0. The number of urea groups is 1. The summed E-state index contributed by atoms with van der Waals surface area (Å²) in [7, 11) is 0. The molecule has 1 aliphatic rings. The fourth-order valence-electron chi connectivity index (χ4n) is 2.80. The van der Waals surface area contributed by atoms with Crippen LogP contribution >= 0.6 is 11.6 Å². The summed E-state index contributed by atoms with van der Waals surface area (Å²) in [6, 6.07) is 6.95. The molecule has 0 aromatic heterocycles. The monoisotopic (exact) mass is 337 g/mol. The molecule has 0 saturated carbocycles. The molecule has 6 heteroatoms. The first-order chi connectivity index (χ1) is 11.0. The lowest BCUT2D eigenvalue weighted by atomic mass is 10.2. The topological polar surface area (TPSA) is 52.7 Å². The Morgan fingerprint density at radius 2 is 1.87 bits per heavy atom. The van der Waals surface area contributed by atoms with Crippen molar-refractivity contribution in [3.63, 3.8) is 0 Å². The summed E-state index contributed by atoms with van der Waals surface area (Å²) in [4.78, 5) is 28.1. The molecule has 0 bridgehead atoms. The molecule has 0 radical (unpaired) electrons. The molecule has 23 heavy (non-hydrogen) atoms. The smallest absolute Gasteiger partial charge is 0.317 e. The number of halogens is 1. The maximum absolute atomic E-state index is 12.3. The highest BCUT2D eigenvalue weighted by Crippen LogP contribution is 2.23. The maximum Gasteiger partial charge on any atom is 0.317 e. The molecule has 1 atom stereocenters. The van der Waals surface area contributed by atoms with Crippen molar-refractivity contribution in [1.82, 2.24) is 10.2 Å². The number of hydrogen-bond acceptors (Lipinski definition) is 2. The predicted octanol–water partition coefficient (Wildman–Crippen LogP) is 3.28. The zero-order chi connectivity index (χ0) is 16.8. The maximum atomic E-state index is 12.3. The van der Waals surface area contributed by atoms with Crippen molar-refractivity contribution in [3.8, 4) is 0 Å². The first-order valence-corrected chi connectivity index (χ1v) is 8.54. The largest absolute Gasteiger partial charge is 0.333 e. The van der Waals surface area contributed by atoms with Crippen molar-refractivity contribution >= 4 is 29.2 Å². The summed E-state index contributed by atoms with van der Waals surface area (Å²) in [6.07, 6.45) is 2.18. The number of anilines is 1. The molecule has 0 unspecified atom stereocenters. The van der Waals surface area contributed by atoms with Crippen molar-refractivity contribution in [1.29, 1.82) is 0 Å². The number of nitrogens with zero attached hydrogens (tertiary/aromatic N) is 2. The fraction of sp³-hybridized carbons (Fsp3) is 0.529. The summed E-state index contributed by atoms with van der Waals surface area (Å²) >= 11 is 5.88. The van der Waals surface area contributed by atoms with Crippen molar-refractivity contribution in [3.05, 3.63) is 29.3 Å². The summed E-state index contributed by atoms with van der Waals surface area (Å²) in [5, 5.41) is 3.63. The molecule has 0 spiro atoms. The van der Waals surface area contributed by atoms with E-state index in [0.717, 1.165) is 31.6 Å². The van der Waals surface area contributed by atoms with Gasteiger partial charge < -0.3 is 15.1 Å². The van der Waals surface area contributed by atoms with Gasteiger partial charge in [-0.15, -0.1) is 0 Å². The number of hydrogen-bond donors (Lipinski definition) is 1. The van der Waals surface area contributed by atoms with Crippen LogP contribution in [0.15, 0.2) is 24.3 Å². The molecule has 1 aliphatic heterocycles. The molecule has 2 rings (SSSR count). The van der Waals surface area contributed by atoms with Crippen LogP contribution in [0.3, 0.4) is 0 Å². The van der Waals surface area contributed by atoms with Crippen LogP contribution in [0.5, 0.6) is 0 Å². The van der Waals surface area contributed by atoms with Gasteiger partial charge in [0, 0.05) is 36.8 Å². The van der Waals surface area contributed by atoms with E-state index in [1.807, 2.05) is 17.0 Å². The molecule has 5 nitrogen and oxygen atoms in total. The number of amides is 3. The van der Waals surface area contributed by atoms with Gasteiger partial charge in [-0.3, -0.25) is 4.79 Å². The highest BCUT2D eigenvalue weighted by molar-refractivity contribution is 6.30. The molecule has 0 aliphatic carbocycles. The van der Waals surface area contributed by atoms with Crippen LogP contribution < -0.4 is 10.2 Å². The van der Waals surface area contributed by atoms with Crippen LogP contribution in [0.25, 0.3) is 0 Å². The summed E-state index contributed by atoms with van der Waals surface area (Å²) in [6.45, 7) is 6.08. The number of carbonyl (C=O) groups excluding carboxylic acids is 2. The van der Waals surface area contributed by atoms with Crippen LogP contribution in [-0.2, 0) is 4.79 Å². The van der Waals surface area contributed by atoms with Crippen LogP contribution in [0.1, 0.15) is 33.1 Å². The first-order valence-electron chi connectivity index (χ1n) is 8.16. The molecule has 1 heterocycles. The normalized spacial score (nSPS) is 17.4. The minimum atomic E-state index is -0.151. The fourth-order valence-corrected chi connectivity index (χ4v) is 2.92. The van der Waals surface area contributed by atoms with E-state index in [1.165, 1.54) is 0 Å². The van der Waals surface area contributed by atoms with Gasteiger partial charge >= 0.3 is 6.03 Å². The highest BCUT2D eigenvalue weighted by atomic mass is 35.5. The van der Waals surface area contributed by atoms with Gasteiger partial charge in [0.15, 0.2) is 0 Å². The first kappa shape index (κ1) is 17.6. The molecule has 3 amide bonds. The van der Waals surface area contributed by atoms with E-state index in [0.29, 0.717) is 18.0 Å². The van der Waals surface area contributed by atoms with E-state index in [4.69, 9.17) is 11.6 Å². The number of nitrogens with one attached hydrogen (secondary N) is 1. The van der Waals surface area contributed by atoms with Crippen molar-refractivity contribution in [2.45, 2.75) is 39.2 Å². The lowest BCUT2D eigenvalue weighted by molar-refractivity contribution is -0.117. The Balaban J connectivity index is 1.96. The number of benzene rings is 1. The van der Waals surface area contributed by atoms with Crippen LogP contribution in [0.4, 0.5) is 10.5 Å². The molecule has 1 saturated heterocycles. The molecular formula is C17H24ClN3O2. The second-order valence-electron chi connectivity index (χ2n) is 5.82. The minimum Gasteiger partial charge on any atom is -0.333 e. The van der Waals surface area contributed by atoms with E-state index in [1.54, 1.807) is 17.0 Å². The summed E-state index contributed by atoms with van der Waals surface area (Å²) in [5.41, 5.74) is 0.815. The Bertz CT molecular complexity index is 541. The van der Waals surface area contributed by atoms with E-state index >= 15 is 0 Å². The Morgan fingerprint density at radius 3 is 2.43 bits per heavy atom. The molecular weight excluding hydrogens is 314 g/mol. The molecule has 1 aromatic rings. The minimum absolute atomic E-state index is 0.0233. The quantitative estimate of drug-likeness (QED) is 0.866. The third-order valence-corrected chi connectivity index (χ3v) is 4.12. The van der Waals surface area contributed by atoms with Gasteiger partial charge in [-0.05, 0) is 37.1 Å². The van der Waals surface area contributed by atoms with E-state index in [2.05, 4.69) is 19.2 Å². The third kappa shape index (κ3) is 4.61. The lowest BCUT2D eigenvalue weighted by Gasteiger charge is -2.24. The number of carbonyl (C=O) groups is 2. The van der Waals surface area contributed by atoms with E-state index in [-0.39, 0.29) is 18.0 Å². The van der Waals surface area contributed by atoms with Crippen LogP contribution in [0, 0.1) is 0 Å². The summed E-state index contributed by atoms with van der Waals surface area (Å²) in [5.74, 6) is 0.0233. The van der Waals surface area contributed by atoms with Crippen LogP contribution in [-0.4, -0.2) is 42.5 Å². The molecule has 1 N–H and O–H groups in total. The van der Waals surface area contributed by atoms with Crippen molar-refractivity contribution in [2.24, 2.45) is 0 Å². The molecule has 1 aromatic carbocycles. The molecule has 126 valence electrons. The Kier molecular flexibility index (Phi) is 6.28. The van der Waals surface area contributed by atoms with E-state index < -0.39 is 0 Å². The van der Waals surface area contributed by atoms with Crippen molar-refractivity contribution < 1.29 is 9.59 Å². The highest BCUT2D eigenvalue weighted by Gasteiger charge is 2.32. The van der Waals surface area contributed by atoms with Gasteiger partial charge in [0.1, 0.15) is 0 Å². The van der Waals surface area contributed by atoms with Gasteiger partial charge in [0.25, 0.3) is 0 Å². The van der Waals surface area contributed by atoms with Crippen molar-refractivity contribution in [2.75, 3.05) is 24.5 Å². The van der Waals surface area contributed by atoms with Gasteiger partial charge in [-0.1, -0.05) is 25.4 Å². The van der Waals surface area contributed by atoms with Crippen LogP contribution in [0.2, 0.25) is 5.02 Å². The predicted molar refractivity (Wildman–Crippen MR) is 92.9 cm³/mol. The van der Waals surface area contributed by atoms with E-state index in [9.17, 15) is 9.59 Å². The zero-order valence-corrected chi connectivity index (χ0v) is 14.5. The Labute approximate surface area is 142 Å². The zero-order valence-electron chi connectivity index (χ0n) is 13.7. The van der Waals surface area contributed by atoms with Gasteiger partial charge in [0.2, 0.25) is 5.91 Å². The third-order valence-electron chi connectivity index (χ3n) is 3.87. The standard InChI is InChI=1S/C17H24ClN3O2/c1-3-9-20(10-4-2)17(23)19-14-11-16(22)21(12-14)15-7-5-13(18)6-8-15/h5-8,14H,3-4,9-12H2,1-2H3,(H,19,23)/t14-/m1/s1. The van der Waals surface area contributed by atoms with Gasteiger partial charge in [-0.2, -0.15) is 0 Å². The average Bonchev–Trinajstić information content (AvgIpc) is 2.88. The number of rotatable bonds is 6. The SMILES string of the molecule is CCCN(CCC)C(=O)N[C@@H]1CC(=O)N(c2ccc(Cl)cc2)C1. The molecule has 1 fully saturated rings. The van der Waals surface area contributed by atoms with Gasteiger partial charge in [-0.25, -0.2) is 4.79 Å². The Morgan fingerprint density at radius 1 is 1.26 bits per heavy atom. The Hall–Kier alpha value is -1.75. The average molecular weight is 338 g/mol. The second kappa shape index (κ2) is 8.20. The van der Waals surface area contributed by atoms with Gasteiger partial charge in [0.05, 0.1) is 6.04 Å². The lowest BCUT2D eigenvalue weighted by Crippen LogP contribution is -2.46.